The van der Waals surface area contributed by atoms with Gasteiger partial charge in [0.2, 0.25) is 12.2 Å². The Bertz CT molecular complexity index is 1230. The second kappa shape index (κ2) is 24.0. The lowest BCUT2D eigenvalue weighted by atomic mass is 9.79. The molecule has 0 aliphatic carbocycles. The fraction of sp³-hybridized carbons (Fsp3) is 0.911. The lowest BCUT2D eigenvalue weighted by molar-refractivity contribution is -0.985. The van der Waals surface area contributed by atoms with Gasteiger partial charge in [0.1, 0.15) is 17.5 Å². The molecule has 1 amide bonds. The van der Waals surface area contributed by atoms with E-state index in [1.807, 2.05) is 0 Å². The number of carbonyl (C=O) groups excluding carboxylic acids is 2. The van der Waals surface area contributed by atoms with Gasteiger partial charge in [-0.05, 0) is 84.2 Å². The maximum Gasteiger partial charge on any atom is 0.319 e. The number of hydrogen-bond donors (Lipinski definition) is 6. The third kappa shape index (κ3) is 13.4. The molecule has 0 bridgehead atoms. The van der Waals surface area contributed by atoms with Gasteiger partial charge in [-0.25, -0.2) is 10.6 Å². The molecule has 5 aliphatic rings. The van der Waals surface area contributed by atoms with Crippen LogP contribution in [0.1, 0.15) is 174 Å². The molecule has 5 heterocycles. The first-order valence-electron chi connectivity index (χ1n) is 23.7. The van der Waals surface area contributed by atoms with Crippen LogP contribution in [-0.2, 0) is 23.8 Å². The SMILES string of the molecule is CCC1C=CCCC2(CC3CCC4C(C(=O)OCCCCCCCCCCCCCCCC(=O)N(CCCN)CC(O)CCN)C5(CCCC(C)O5)NC(N2)[NH+]34)O1. The Kier molecular flexibility index (Phi) is 19.5. The summed E-state index contributed by atoms with van der Waals surface area (Å²) >= 11 is 0. The van der Waals surface area contributed by atoms with E-state index in [0.717, 1.165) is 89.9 Å². The zero-order valence-corrected chi connectivity index (χ0v) is 36.0. The second-order valence-corrected chi connectivity index (χ2v) is 18.2. The van der Waals surface area contributed by atoms with E-state index in [9.17, 15) is 14.7 Å². The van der Waals surface area contributed by atoms with Crippen molar-refractivity contribution in [3.05, 3.63) is 12.2 Å². The van der Waals surface area contributed by atoms with Crippen molar-refractivity contribution in [2.75, 3.05) is 32.8 Å². The van der Waals surface area contributed by atoms with Gasteiger partial charge >= 0.3 is 5.97 Å². The molecule has 10 unspecified atom stereocenters. The van der Waals surface area contributed by atoms with Crippen molar-refractivity contribution in [1.82, 2.24) is 15.5 Å². The zero-order chi connectivity index (χ0) is 40.5. The molecule has 0 aromatic heterocycles. The predicted molar refractivity (Wildman–Crippen MR) is 225 cm³/mol. The Morgan fingerprint density at radius 3 is 2.28 bits per heavy atom. The normalized spacial score (nSPS) is 32.6. The number of esters is 1. The lowest BCUT2D eigenvalue weighted by Crippen LogP contribution is -3.29. The smallest absolute Gasteiger partial charge is 0.319 e. The van der Waals surface area contributed by atoms with E-state index in [-0.39, 0.29) is 48.1 Å². The molecule has 5 aliphatic heterocycles. The van der Waals surface area contributed by atoms with Crippen LogP contribution in [-0.4, -0.2) is 103 Å². The van der Waals surface area contributed by atoms with Crippen LogP contribution < -0.4 is 27.0 Å². The van der Waals surface area contributed by atoms with E-state index >= 15 is 0 Å². The van der Waals surface area contributed by atoms with Gasteiger partial charge in [0.15, 0.2) is 5.92 Å². The summed E-state index contributed by atoms with van der Waals surface area (Å²) in [5.74, 6) is -0.243. The maximum atomic E-state index is 14.1. The Hall–Kier alpha value is -1.64. The number of allylic oxidation sites excluding steroid dienone is 1. The highest BCUT2D eigenvalue weighted by atomic mass is 16.6. The van der Waals surface area contributed by atoms with E-state index in [4.69, 9.17) is 25.7 Å². The first-order valence-corrected chi connectivity index (χ1v) is 23.7. The molecule has 4 fully saturated rings. The van der Waals surface area contributed by atoms with Crippen molar-refractivity contribution in [2.45, 2.75) is 223 Å². The highest BCUT2D eigenvalue weighted by molar-refractivity contribution is 5.76. The zero-order valence-electron chi connectivity index (χ0n) is 36.0. The van der Waals surface area contributed by atoms with Crippen LogP contribution in [0.25, 0.3) is 0 Å². The van der Waals surface area contributed by atoms with Crippen LogP contribution in [0.5, 0.6) is 0 Å². The number of aliphatic hydroxyl groups excluding tert-OH is 1. The van der Waals surface area contributed by atoms with E-state index in [1.165, 1.54) is 62.7 Å². The van der Waals surface area contributed by atoms with Gasteiger partial charge in [-0.3, -0.25) is 9.59 Å². The quantitative estimate of drug-likeness (QED) is 0.0424. The fourth-order valence-electron chi connectivity index (χ4n) is 10.8. The number of hydrogen-bond acceptors (Lipinski definition) is 10. The van der Waals surface area contributed by atoms with E-state index in [1.54, 1.807) is 4.90 Å². The summed E-state index contributed by atoms with van der Waals surface area (Å²) in [6.07, 6.45) is 30.2. The summed E-state index contributed by atoms with van der Waals surface area (Å²) in [6, 6.07) is 0.631. The standard InChI is InChI=1S/C45H82N6O6/c1-3-38-22-16-17-27-44(57-38)33-36-24-25-39-41(45(28-19-21-35(2)56-45)49-43(48-44)51(36)39)42(54)55-32-18-14-12-10-8-6-4-5-7-9-11-13-15-23-40(53)50(31-20-29-46)34-37(52)26-30-47/h16,22,35-39,41,43,48-49,52H,3-15,17-21,23-34,46-47H2,1-2H3/p+1. The highest BCUT2D eigenvalue weighted by Gasteiger charge is 2.66. The summed E-state index contributed by atoms with van der Waals surface area (Å²) < 4.78 is 19.8. The summed E-state index contributed by atoms with van der Waals surface area (Å²) in [5, 5.41) is 18.0. The van der Waals surface area contributed by atoms with Crippen molar-refractivity contribution in [1.29, 1.82) is 0 Å². The molecular formula is C45H83N6O6+. The minimum absolute atomic E-state index is 0.00644. The van der Waals surface area contributed by atoms with Gasteiger partial charge in [-0.1, -0.05) is 89.7 Å². The summed E-state index contributed by atoms with van der Waals surface area (Å²) in [5.41, 5.74) is 10.2. The highest BCUT2D eigenvalue weighted by Crippen LogP contribution is 2.42. The third-order valence-corrected chi connectivity index (χ3v) is 13.7. The second-order valence-electron chi connectivity index (χ2n) is 18.2. The topological polar surface area (TPSA) is 166 Å². The molecule has 0 radical (unpaired) electrons. The molecule has 0 saturated carbocycles. The van der Waals surface area contributed by atoms with Gasteiger partial charge < -0.3 is 40.6 Å². The van der Waals surface area contributed by atoms with Gasteiger partial charge in [0, 0.05) is 38.8 Å². The number of nitrogens with two attached hydrogens (primary N) is 2. The van der Waals surface area contributed by atoms with Gasteiger partial charge in [-0.15, -0.1) is 0 Å². The third-order valence-electron chi connectivity index (χ3n) is 13.7. The molecule has 12 nitrogen and oxygen atoms in total. The van der Waals surface area contributed by atoms with Crippen LogP contribution in [0.3, 0.4) is 0 Å². The van der Waals surface area contributed by atoms with Crippen LogP contribution in [0.4, 0.5) is 0 Å². The number of nitrogens with one attached hydrogen (secondary N) is 3. The minimum Gasteiger partial charge on any atom is -0.465 e. The molecule has 4 saturated heterocycles. The first-order chi connectivity index (χ1) is 27.7. The van der Waals surface area contributed by atoms with Crippen molar-refractivity contribution >= 4 is 11.9 Å². The van der Waals surface area contributed by atoms with Crippen LogP contribution in [0.15, 0.2) is 12.2 Å². The molecular weight excluding hydrogens is 721 g/mol. The molecule has 12 heteroatoms. The number of aliphatic hydroxyl groups is 1. The van der Waals surface area contributed by atoms with Crippen LogP contribution >= 0.6 is 0 Å². The Morgan fingerprint density at radius 1 is 0.912 bits per heavy atom. The molecule has 328 valence electrons. The molecule has 10 atom stereocenters. The number of nitrogens with zero attached hydrogens (tertiary/aromatic N) is 1. The average molecular weight is 804 g/mol. The number of ether oxygens (including phenoxy) is 3. The maximum absolute atomic E-state index is 14.1. The molecule has 0 aromatic carbocycles. The molecule has 2 spiro atoms. The number of rotatable bonds is 25. The van der Waals surface area contributed by atoms with Crippen LogP contribution in [0.2, 0.25) is 0 Å². The van der Waals surface area contributed by atoms with Crippen molar-refractivity contribution < 1.29 is 33.8 Å². The molecule has 8 N–H and O–H groups in total. The Morgan fingerprint density at radius 2 is 1.61 bits per heavy atom. The Labute approximate surface area is 345 Å². The van der Waals surface area contributed by atoms with Crippen LogP contribution in [0, 0.1) is 5.92 Å². The van der Waals surface area contributed by atoms with E-state index in [2.05, 4.69) is 36.6 Å². The van der Waals surface area contributed by atoms with Gasteiger partial charge in [0.05, 0.1) is 31.0 Å². The Balaban J connectivity index is 0.931. The van der Waals surface area contributed by atoms with Crippen molar-refractivity contribution in [3.63, 3.8) is 0 Å². The minimum atomic E-state index is -0.704. The number of unbranched alkanes of at least 4 members (excludes halogenated alkanes) is 12. The monoisotopic (exact) mass is 804 g/mol. The fourth-order valence-corrected chi connectivity index (χ4v) is 10.8. The average Bonchev–Trinajstić information content (AvgIpc) is 3.49. The first kappa shape index (κ1) is 46.4. The van der Waals surface area contributed by atoms with Crippen molar-refractivity contribution in [3.8, 4) is 0 Å². The van der Waals surface area contributed by atoms with E-state index < -0.39 is 11.8 Å². The number of quaternary nitrogens is 1. The molecule has 5 rings (SSSR count). The predicted octanol–water partition coefficient (Wildman–Crippen LogP) is 4.92. The summed E-state index contributed by atoms with van der Waals surface area (Å²) in [7, 11) is 0. The summed E-state index contributed by atoms with van der Waals surface area (Å²) in [6.45, 7) is 6.77. The van der Waals surface area contributed by atoms with Gasteiger partial charge in [0.25, 0.3) is 0 Å². The van der Waals surface area contributed by atoms with E-state index in [0.29, 0.717) is 51.7 Å². The molecule has 57 heavy (non-hydrogen) atoms. The largest absolute Gasteiger partial charge is 0.465 e. The summed E-state index contributed by atoms with van der Waals surface area (Å²) in [4.78, 5) is 30.0. The number of amides is 1. The molecule has 0 aromatic rings. The number of carbonyl (C=O) groups is 2. The van der Waals surface area contributed by atoms with Gasteiger partial charge in [-0.2, -0.15) is 0 Å². The van der Waals surface area contributed by atoms with Crippen molar-refractivity contribution in [2.24, 2.45) is 17.4 Å². The lowest BCUT2D eigenvalue weighted by Gasteiger charge is -2.58.